The molecule has 3 heterocycles. The van der Waals surface area contributed by atoms with Gasteiger partial charge in [-0.2, -0.15) is 4.98 Å². The first-order chi connectivity index (χ1) is 10.6. The second kappa shape index (κ2) is 6.23. The zero-order valence-corrected chi connectivity index (χ0v) is 12.7. The van der Waals surface area contributed by atoms with Crippen molar-refractivity contribution in [1.29, 1.82) is 0 Å². The molecule has 1 N–H and O–H groups in total. The van der Waals surface area contributed by atoms with Crippen molar-refractivity contribution < 1.29 is 18.4 Å². The van der Waals surface area contributed by atoms with Crippen LogP contribution >= 0.6 is 0 Å². The van der Waals surface area contributed by atoms with Crippen LogP contribution in [0.15, 0.2) is 27.2 Å². The molecule has 1 aliphatic rings. The number of nitrogens with zero attached hydrogens (tertiary/aromatic N) is 2. The molecule has 2 aromatic rings. The summed E-state index contributed by atoms with van der Waals surface area (Å²) in [6.07, 6.45) is 1.54. The Morgan fingerprint density at radius 2 is 2.09 bits per heavy atom. The van der Waals surface area contributed by atoms with Crippen LogP contribution < -0.4 is 10.2 Å². The van der Waals surface area contributed by atoms with Crippen molar-refractivity contribution in [3.63, 3.8) is 0 Å². The molecule has 7 nitrogen and oxygen atoms in total. The fourth-order valence-corrected chi connectivity index (χ4v) is 2.21. The predicted molar refractivity (Wildman–Crippen MR) is 79.8 cm³/mol. The van der Waals surface area contributed by atoms with E-state index in [1.54, 1.807) is 12.1 Å². The highest BCUT2D eigenvalue weighted by Gasteiger charge is 2.19. The average Bonchev–Trinajstić information content (AvgIpc) is 3.17. The molecule has 1 saturated heterocycles. The highest BCUT2D eigenvalue weighted by atomic mass is 16.5. The summed E-state index contributed by atoms with van der Waals surface area (Å²) in [6, 6.07) is 3.95. The third-order valence-corrected chi connectivity index (χ3v) is 3.28. The van der Waals surface area contributed by atoms with Crippen LogP contribution in [0.5, 0.6) is 0 Å². The molecule has 118 valence electrons. The minimum Gasteiger partial charge on any atom is -0.449 e. The minimum atomic E-state index is -0.238. The summed E-state index contributed by atoms with van der Waals surface area (Å²) in [6.45, 7) is 6.62. The van der Waals surface area contributed by atoms with Crippen molar-refractivity contribution in [2.24, 2.45) is 0 Å². The second-order valence-electron chi connectivity index (χ2n) is 5.41. The molecule has 0 radical (unpaired) electrons. The summed E-state index contributed by atoms with van der Waals surface area (Å²) in [5.74, 6) is 0.537. The van der Waals surface area contributed by atoms with E-state index in [4.69, 9.17) is 13.6 Å². The van der Waals surface area contributed by atoms with Crippen molar-refractivity contribution in [2.45, 2.75) is 19.9 Å². The van der Waals surface area contributed by atoms with Gasteiger partial charge in [-0.3, -0.25) is 4.79 Å². The van der Waals surface area contributed by atoms with Crippen molar-refractivity contribution in [2.75, 3.05) is 31.2 Å². The molecule has 0 spiro atoms. The fraction of sp³-hybridized carbons (Fsp3) is 0.467. The Morgan fingerprint density at radius 3 is 2.82 bits per heavy atom. The molecule has 1 aliphatic heterocycles. The van der Waals surface area contributed by atoms with Gasteiger partial charge in [-0.25, -0.2) is 0 Å². The number of carbonyl (C=O) groups is 1. The van der Waals surface area contributed by atoms with E-state index in [9.17, 15) is 4.79 Å². The van der Waals surface area contributed by atoms with Crippen molar-refractivity contribution in [3.8, 4) is 11.5 Å². The maximum atomic E-state index is 11.9. The van der Waals surface area contributed by atoms with Gasteiger partial charge in [-0.15, -0.1) is 0 Å². The average molecular weight is 305 g/mol. The Bertz CT molecular complexity index is 641. The summed E-state index contributed by atoms with van der Waals surface area (Å²) >= 11 is 0. The van der Waals surface area contributed by atoms with E-state index < -0.39 is 0 Å². The maximum Gasteiger partial charge on any atom is 0.298 e. The first-order valence-electron chi connectivity index (χ1n) is 7.33. The van der Waals surface area contributed by atoms with Crippen LogP contribution in [0.1, 0.15) is 24.4 Å². The number of anilines is 1. The van der Waals surface area contributed by atoms with Crippen LogP contribution in [-0.2, 0) is 4.74 Å². The normalized spacial score (nSPS) is 15.3. The topological polar surface area (TPSA) is 80.7 Å². The number of nitrogens with one attached hydrogen (secondary N) is 1. The van der Waals surface area contributed by atoms with E-state index in [1.807, 2.05) is 18.7 Å². The zero-order valence-electron chi connectivity index (χ0n) is 12.7. The number of morpholine rings is 1. The van der Waals surface area contributed by atoms with Gasteiger partial charge in [0, 0.05) is 19.1 Å². The molecule has 3 rings (SSSR count). The molecule has 0 atom stereocenters. The van der Waals surface area contributed by atoms with E-state index in [0.29, 0.717) is 30.7 Å². The van der Waals surface area contributed by atoms with Crippen LogP contribution in [-0.4, -0.2) is 43.2 Å². The minimum absolute atomic E-state index is 0.0565. The van der Waals surface area contributed by atoms with Gasteiger partial charge in [0.05, 0.1) is 13.2 Å². The molecule has 0 aliphatic carbocycles. The zero-order chi connectivity index (χ0) is 15.5. The summed E-state index contributed by atoms with van der Waals surface area (Å²) in [7, 11) is 0. The molecule has 7 heteroatoms. The number of aromatic nitrogens is 1. The van der Waals surface area contributed by atoms with E-state index in [1.165, 1.54) is 6.26 Å². The number of oxazole rings is 1. The van der Waals surface area contributed by atoms with Gasteiger partial charge in [-0.1, -0.05) is 0 Å². The quantitative estimate of drug-likeness (QED) is 0.929. The molecular weight excluding hydrogens is 286 g/mol. The SMILES string of the molecule is CC(C)NC(=O)c1ccc(-c2coc(N3CCOCC3)n2)o1. The molecule has 22 heavy (non-hydrogen) atoms. The first kappa shape index (κ1) is 14.6. The number of ether oxygens (including phenoxy) is 1. The third kappa shape index (κ3) is 3.14. The fourth-order valence-electron chi connectivity index (χ4n) is 2.21. The molecule has 0 aromatic carbocycles. The van der Waals surface area contributed by atoms with Gasteiger partial charge < -0.3 is 23.8 Å². The standard InChI is InChI=1S/C15H19N3O4/c1-10(2)16-14(19)13-4-3-12(22-13)11-9-21-15(17-11)18-5-7-20-8-6-18/h3-4,9-10H,5-8H2,1-2H3,(H,16,19). The Balaban J connectivity index is 1.73. The molecular formula is C15H19N3O4. The Hall–Kier alpha value is -2.28. The van der Waals surface area contributed by atoms with Gasteiger partial charge in [-0.05, 0) is 26.0 Å². The highest BCUT2D eigenvalue weighted by molar-refractivity contribution is 5.92. The van der Waals surface area contributed by atoms with E-state index in [2.05, 4.69) is 10.3 Å². The first-order valence-corrected chi connectivity index (χ1v) is 7.33. The van der Waals surface area contributed by atoms with Gasteiger partial charge in [0.25, 0.3) is 11.9 Å². The second-order valence-corrected chi connectivity index (χ2v) is 5.41. The predicted octanol–water partition coefficient (Wildman–Crippen LogP) is 1.91. The van der Waals surface area contributed by atoms with Crippen molar-refractivity contribution in [3.05, 3.63) is 24.2 Å². The molecule has 0 unspecified atom stereocenters. The Morgan fingerprint density at radius 1 is 1.32 bits per heavy atom. The summed E-state index contributed by atoms with van der Waals surface area (Å²) in [5.41, 5.74) is 0.574. The number of rotatable bonds is 4. The van der Waals surface area contributed by atoms with E-state index in [-0.39, 0.29) is 17.7 Å². The number of hydrogen-bond acceptors (Lipinski definition) is 6. The van der Waals surface area contributed by atoms with Gasteiger partial charge in [0.15, 0.2) is 11.5 Å². The lowest BCUT2D eigenvalue weighted by atomic mass is 10.3. The molecule has 0 bridgehead atoms. The Kier molecular flexibility index (Phi) is 4.15. The highest BCUT2D eigenvalue weighted by Crippen LogP contribution is 2.25. The smallest absolute Gasteiger partial charge is 0.298 e. The lowest BCUT2D eigenvalue weighted by Gasteiger charge is -2.24. The lowest BCUT2D eigenvalue weighted by Crippen LogP contribution is -2.36. The number of hydrogen-bond donors (Lipinski definition) is 1. The maximum absolute atomic E-state index is 11.9. The third-order valence-electron chi connectivity index (χ3n) is 3.28. The van der Waals surface area contributed by atoms with Crippen molar-refractivity contribution in [1.82, 2.24) is 10.3 Å². The van der Waals surface area contributed by atoms with Crippen LogP contribution in [0, 0.1) is 0 Å². The van der Waals surface area contributed by atoms with Gasteiger partial charge >= 0.3 is 0 Å². The summed E-state index contributed by atoms with van der Waals surface area (Å²) in [5, 5.41) is 2.78. The largest absolute Gasteiger partial charge is 0.449 e. The molecule has 2 aromatic heterocycles. The number of amides is 1. The van der Waals surface area contributed by atoms with Crippen LogP contribution in [0.4, 0.5) is 6.01 Å². The van der Waals surface area contributed by atoms with E-state index in [0.717, 1.165) is 13.1 Å². The molecule has 0 saturated carbocycles. The van der Waals surface area contributed by atoms with Crippen LogP contribution in [0.2, 0.25) is 0 Å². The molecule has 1 amide bonds. The molecule has 1 fully saturated rings. The van der Waals surface area contributed by atoms with E-state index >= 15 is 0 Å². The van der Waals surface area contributed by atoms with Crippen molar-refractivity contribution >= 4 is 11.9 Å². The lowest BCUT2D eigenvalue weighted by molar-refractivity contribution is 0.0916. The summed E-state index contributed by atoms with van der Waals surface area (Å²) in [4.78, 5) is 18.3. The van der Waals surface area contributed by atoms with Crippen LogP contribution in [0.3, 0.4) is 0 Å². The Labute approximate surface area is 128 Å². The van der Waals surface area contributed by atoms with Crippen LogP contribution in [0.25, 0.3) is 11.5 Å². The monoisotopic (exact) mass is 305 g/mol. The number of carbonyl (C=O) groups excluding carboxylic acids is 1. The van der Waals surface area contributed by atoms with Gasteiger partial charge in [0.2, 0.25) is 0 Å². The summed E-state index contributed by atoms with van der Waals surface area (Å²) < 4.78 is 16.3. The number of furan rings is 1. The van der Waals surface area contributed by atoms with Gasteiger partial charge in [0.1, 0.15) is 12.0 Å².